The molecule has 0 bridgehead atoms. The van der Waals surface area contributed by atoms with Gasteiger partial charge in [-0.1, -0.05) is 0 Å². The van der Waals surface area contributed by atoms with E-state index in [0.717, 1.165) is 12.8 Å². The van der Waals surface area contributed by atoms with Crippen LogP contribution in [0, 0.1) is 17.2 Å². The second-order valence-corrected chi connectivity index (χ2v) is 7.83. The molecule has 32 heavy (non-hydrogen) atoms. The third kappa shape index (κ3) is 4.84. The number of carbonyl (C=O) groups is 2. The van der Waals surface area contributed by atoms with Crippen molar-refractivity contribution in [1.82, 2.24) is 14.9 Å². The van der Waals surface area contributed by atoms with Crippen LogP contribution < -0.4 is 10.1 Å². The number of piperidine rings is 1. The Morgan fingerprint density at radius 2 is 2.09 bits per heavy atom. The van der Waals surface area contributed by atoms with E-state index in [9.17, 15) is 19.2 Å². The average molecular weight is 439 g/mol. The van der Waals surface area contributed by atoms with Gasteiger partial charge in [-0.05, 0) is 31.0 Å². The first kappa shape index (κ1) is 21.6. The molecule has 2 N–H and O–H groups in total. The summed E-state index contributed by atoms with van der Waals surface area (Å²) in [7, 11) is 0. The van der Waals surface area contributed by atoms with Crippen LogP contribution in [0.2, 0.25) is 0 Å². The molecule has 1 aromatic carbocycles. The molecule has 1 aliphatic carbocycles. The maximum atomic E-state index is 14.5. The fourth-order valence-corrected chi connectivity index (χ4v) is 3.54. The number of aliphatic hydroxyl groups is 1. The van der Waals surface area contributed by atoms with Crippen LogP contribution in [-0.2, 0) is 9.59 Å². The molecule has 2 aliphatic rings. The standard InChI is InChI=1S/C22H22FN5O4/c23-16-10-28(21(30)11-29)6-5-19(16)32-18-4-3-14(7-15(18)9-24)17-8-20(26-12-25-17)27-22(31)13-1-2-13/h3-4,7-8,12-13,16,19,29H,1-2,5-6,10-11H2,(H,25,26,27,31)/t16-,19-/m1/s1. The molecule has 1 saturated heterocycles. The summed E-state index contributed by atoms with van der Waals surface area (Å²) in [6, 6.07) is 8.55. The zero-order valence-electron chi connectivity index (χ0n) is 17.2. The van der Waals surface area contributed by atoms with Gasteiger partial charge in [0.05, 0.1) is 17.8 Å². The Morgan fingerprint density at radius 1 is 1.28 bits per heavy atom. The molecule has 166 valence electrons. The van der Waals surface area contributed by atoms with Crippen molar-refractivity contribution in [1.29, 1.82) is 5.26 Å². The summed E-state index contributed by atoms with van der Waals surface area (Å²) in [5, 5.41) is 21.3. The lowest BCUT2D eigenvalue weighted by Crippen LogP contribution is -2.50. The van der Waals surface area contributed by atoms with Gasteiger partial charge >= 0.3 is 0 Å². The normalized spacial score (nSPS) is 20.3. The van der Waals surface area contributed by atoms with Gasteiger partial charge in [0.2, 0.25) is 11.8 Å². The number of amides is 2. The monoisotopic (exact) mass is 439 g/mol. The highest BCUT2D eigenvalue weighted by Gasteiger charge is 2.33. The van der Waals surface area contributed by atoms with Crippen molar-refractivity contribution in [2.24, 2.45) is 5.92 Å². The Labute approximate surface area is 183 Å². The number of likely N-dealkylation sites (tertiary alicyclic amines) is 1. The van der Waals surface area contributed by atoms with Crippen LogP contribution in [0.25, 0.3) is 11.3 Å². The molecule has 2 heterocycles. The van der Waals surface area contributed by atoms with Crippen LogP contribution in [-0.4, -0.2) is 63.8 Å². The van der Waals surface area contributed by atoms with Crippen LogP contribution in [0.15, 0.2) is 30.6 Å². The fraction of sp³-hybridized carbons (Fsp3) is 0.409. The lowest BCUT2D eigenvalue weighted by molar-refractivity contribution is -0.138. The van der Waals surface area contributed by atoms with E-state index in [2.05, 4.69) is 21.4 Å². The first-order chi connectivity index (χ1) is 15.5. The summed E-state index contributed by atoms with van der Waals surface area (Å²) in [5.41, 5.74) is 1.36. The largest absolute Gasteiger partial charge is 0.486 e. The Morgan fingerprint density at radius 3 is 2.78 bits per heavy atom. The van der Waals surface area contributed by atoms with Crippen LogP contribution in [0.5, 0.6) is 5.75 Å². The number of nitrogens with one attached hydrogen (secondary N) is 1. The maximum Gasteiger partial charge on any atom is 0.248 e. The number of aromatic nitrogens is 2. The molecule has 2 amide bonds. The second-order valence-electron chi connectivity index (χ2n) is 7.83. The number of hydrogen-bond donors (Lipinski definition) is 2. The summed E-state index contributed by atoms with van der Waals surface area (Å²) < 4.78 is 20.3. The van der Waals surface area contributed by atoms with Crippen molar-refractivity contribution in [2.45, 2.75) is 31.5 Å². The van der Waals surface area contributed by atoms with Gasteiger partial charge in [-0.25, -0.2) is 14.4 Å². The third-order valence-electron chi connectivity index (χ3n) is 5.51. The van der Waals surface area contributed by atoms with E-state index >= 15 is 0 Å². The van der Waals surface area contributed by atoms with Gasteiger partial charge < -0.3 is 20.1 Å². The third-order valence-corrected chi connectivity index (χ3v) is 5.51. The Bertz CT molecular complexity index is 1070. The average Bonchev–Trinajstić information content (AvgIpc) is 3.66. The molecule has 1 aromatic heterocycles. The molecule has 1 aliphatic heterocycles. The number of benzene rings is 1. The van der Waals surface area contributed by atoms with Crippen LogP contribution in [0.3, 0.4) is 0 Å². The van der Waals surface area contributed by atoms with Gasteiger partial charge in [0.25, 0.3) is 0 Å². The van der Waals surface area contributed by atoms with Crippen LogP contribution >= 0.6 is 0 Å². The number of anilines is 1. The molecule has 2 fully saturated rings. The van der Waals surface area contributed by atoms with Crippen LogP contribution in [0.4, 0.5) is 10.2 Å². The van der Waals surface area contributed by atoms with Crippen molar-refractivity contribution < 1.29 is 23.8 Å². The Kier molecular flexibility index (Phi) is 6.28. The predicted octanol–water partition coefficient (Wildman–Crippen LogP) is 1.67. The van der Waals surface area contributed by atoms with Crippen molar-refractivity contribution >= 4 is 17.6 Å². The highest BCUT2D eigenvalue weighted by molar-refractivity contribution is 5.93. The summed E-state index contributed by atoms with van der Waals surface area (Å²) in [4.78, 5) is 33.1. The lowest BCUT2D eigenvalue weighted by atomic mass is 10.0. The molecule has 9 nitrogen and oxygen atoms in total. The summed E-state index contributed by atoms with van der Waals surface area (Å²) >= 11 is 0. The molecule has 2 aromatic rings. The lowest BCUT2D eigenvalue weighted by Gasteiger charge is -2.34. The first-order valence-corrected chi connectivity index (χ1v) is 10.3. The summed E-state index contributed by atoms with van der Waals surface area (Å²) in [5.74, 6) is 0.0784. The number of nitrogens with zero attached hydrogens (tertiary/aromatic N) is 4. The van der Waals surface area contributed by atoms with Crippen molar-refractivity contribution in [2.75, 3.05) is 25.0 Å². The number of halogens is 1. The molecular formula is C22H22FN5O4. The van der Waals surface area contributed by atoms with E-state index in [-0.39, 0.29) is 42.6 Å². The minimum atomic E-state index is -1.44. The quantitative estimate of drug-likeness (QED) is 0.701. The highest BCUT2D eigenvalue weighted by Crippen LogP contribution is 2.31. The predicted molar refractivity (Wildman–Crippen MR) is 111 cm³/mol. The van der Waals surface area contributed by atoms with E-state index in [1.807, 2.05) is 0 Å². The SMILES string of the molecule is N#Cc1cc(-c2cc(NC(=O)C3CC3)ncn2)ccc1O[C@@H]1CCN(C(=O)CO)C[C@H]1F. The number of nitriles is 1. The minimum absolute atomic E-state index is 0.0444. The van der Waals surface area contributed by atoms with E-state index in [1.165, 1.54) is 11.2 Å². The number of alkyl halides is 1. The smallest absolute Gasteiger partial charge is 0.248 e. The molecular weight excluding hydrogens is 417 g/mol. The minimum Gasteiger partial charge on any atom is -0.486 e. The van der Waals surface area contributed by atoms with Gasteiger partial charge in [-0.3, -0.25) is 9.59 Å². The number of aliphatic hydroxyl groups excluding tert-OH is 1. The van der Waals surface area contributed by atoms with Crippen molar-refractivity contribution in [3.05, 3.63) is 36.2 Å². The van der Waals surface area contributed by atoms with E-state index in [1.54, 1.807) is 24.3 Å². The summed E-state index contributed by atoms with van der Waals surface area (Å²) in [6.07, 6.45) is 1.10. The van der Waals surface area contributed by atoms with Gasteiger partial charge in [-0.2, -0.15) is 5.26 Å². The van der Waals surface area contributed by atoms with Gasteiger partial charge in [-0.15, -0.1) is 0 Å². The van der Waals surface area contributed by atoms with Crippen LogP contribution in [0.1, 0.15) is 24.8 Å². The number of ether oxygens (including phenoxy) is 1. The summed E-state index contributed by atoms with van der Waals surface area (Å²) in [6.45, 7) is -0.561. The molecule has 0 radical (unpaired) electrons. The maximum absolute atomic E-state index is 14.5. The molecule has 0 spiro atoms. The number of hydrogen-bond acceptors (Lipinski definition) is 7. The first-order valence-electron chi connectivity index (χ1n) is 10.3. The van der Waals surface area contributed by atoms with Gasteiger partial charge in [0.15, 0.2) is 6.17 Å². The van der Waals surface area contributed by atoms with Crippen molar-refractivity contribution in [3.8, 4) is 23.1 Å². The van der Waals surface area contributed by atoms with E-state index < -0.39 is 24.8 Å². The van der Waals surface area contributed by atoms with E-state index in [4.69, 9.17) is 9.84 Å². The molecule has 4 rings (SSSR count). The van der Waals surface area contributed by atoms with E-state index in [0.29, 0.717) is 17.1 Å². The molecule has 2 atom stereocenters. The van der Waals surface area contributed by atoms with Gasteiger partial charge in [0.1, 0.15) is 36.7 Å². The molecule has 10 heteroatoms. The topological polar surface area (TPSA) is 128 Å². The molecule has 1 saturated carbocycles. The number of rotatable bonds is 6. The van der Waals surface area contributed by atoms with Gasteiger partial charge in [0, 0.05) is 30.5 Å². The number of carbonyl (C=O) groups excluding carboxylic acids is 2. The fourth-order valence-electron chi connectivity index (χ4n) is 3.54. The second kappa shape index (κ2) is 9.28. The zero-order chi connectivity index (χ0) is 22.7. The Balaban J connectivity index is 1.47. The molecule has 0 unspecified atom stereocenters. The Hall–Kier alpha value is -3.58. The van der Waals surface area contributed by atoms with Crippen molar-refractivity contribution in [3.63, 3.8) is 0 Å². The zero-order valence-corrected chi connectivity index (χ0v) is 17.2. The highest BCUT2D eigenvalue weighted by atomic mass is 19.1.